The quantitative estimate of drug-likeness (QED) is 0.734. The number of likely N-dealkylation sites (tertiary alicyclic amines) is 1. The van der Waals surface area contributed by atoms with Crippen LogP contribution >= 0.6 is 11.3 Å². The maximum atomic E-state index is 13.0. The smallest absolute Gasteiger partial charge is 0.262 e. The number of amides is 1. The number of carbonyl (C=O) groups excluding carboxylic acids is 1. The van der Waals surface area contributed by atoms with Gasteiger partial charge in [0, 0.05) is 38.3 Å². The van der Waals surface area contributed by atoms with Crippen LogP contribution < -0.4 is 5.32 Å². The van der Waals surface area contributed by atoms with Crippen molar-refractivity contribution in [3.63, 3.8) is 0 Å². The van der Waals surface area contributed by atoms with Gasteiger partial charge in [-0.3, -0.25) is 9.69 Å². The topological polar surface area (TPSA) is 69.7 Å². The summed E-state index contributed by atoms with van der Waals surface area (Å²) >= 11 is 1.20. The Bertz CT molecular complexity index is 803. The summed E-state index contributed by atoms with van der Waals surface area (Å²) < 4.78 is 27.6. The van der Waals surface area contributed by atoms with E-state index in [9.17, 15) is 13.2 Å². The van der Waals surface area contributed by atoms with Crippen LogP contribution in [-0.2, 0) is 10.0 Å². The highest BCUT2D eigenvalue weighted by molar-refractivity contribution is 7.89. The summed E-state index contributed by atoms with van der Waals surface area (Å²) in [5, 5.41) is 4.71. The van der Waals surface area contributed by atoms with E-state index in [1.54, 1.807) is 11.4 Å². The predicted molar refractivity (Wildman–Crippen MR) is 118 cm³/mol. The van der Waals surface area contributed by atoms with E-state index in [0.29, 0.717) is 36.3 Å². The molecule has 3 rings (SSSR count). The van der Waals surface area contributed by atoms with Gasteiger partial charge in [0.25, 0.3) is 5.91 Å². The highest BCUT2D eigenvalue weighted by Crippen LogP contribution is 2.29. The second-order valence-electron chi connectivity index (χ2n) is 9.42. The Morgan fingerprint density at radius 3 is 2.41 bits per heavy atom. The third-order valence-corrected chi connectivity index (χ3v) is 9.16. The normalized spacial score (nSPS) is 25.1. The first-order chi connectivity index (χ1) is 13.6. The molecule has 0 aromatic carbocycles. The second kappa shape index (κ2) is 9.04. The fourth-order valence-electron chi connectivity index (χ4n) is 4.56. The molecule has 0 saturated carbocycles. The van der Waals surface area contributed by atoms with Crippen molar-refractivity contribution in [1.82, 2.24) is 14.5 Å². The molecule has 0 radical (unpaired) electrons. The Hall–Kier alpha value is -0.960. The van der Waals surface area contributed by atoms with E-state index in [1.165, 1.54) is 22.1 Å². The van der Waals surface area contributed by atoms with Crippen LogP contribution in [0.2, 0.25) is 0 Å². The first-order valence-corrected chi connectivity index (χ1v) is 13.0. The fourth-order valence-corrected chi connectivity index (χ4v) is 7.39. The molecule has 164 valence electrons. The molecule has 3 heterocycles. The van der Waals surface area contributed by atoms with Crippen molar-refractivity contribution in [2.45, 2.75) is 63.8 Å². The van der Waals surface area contributed by atoms with Crippen LogP contribution in [0, 0.1) is 11.8 Å². The van der Waals surface area contributed by atoms with Crippen LogP contribution in [0.1, 0.15) is 63.0 Å². The first-order valence-electron chi connectivity index (χ1n) is 10.7. The largest absolute Gasteiger partial charge is 0.349 e. The maximum absolute atomic E-state index is 13.0. The van der Waals surface area contributed by atoms with E-state index < -0.39 is 10.0 Å². The summed E-state index contributed by atoms with van der Waals surface area (Å²) in [4.78, 5) is 15.8. The first kappa shape index (κ1) is 22.7. The van der Waals surface area contributed by atoms with Crippen LogP contribution in [0.4, 0.5) is 0 Å². The van der Waals surface area contributed by atoms with Gasteiger partial charge in [-0.25, -0.2) is 8.42 Å². The van der Waals surface area contributed by atoms with Gasteiger partial charge in [-0.05, 0) is 56.4 Å². The average Bonchev–Trinajstić information content (AvgIpc) is 3.17. The zero-order chi connectivity index (χ0) is 21.2. The van der Waals surface area contributed by atoms with Gasteiger partial charge in [0.05, 0.1) is 0 Å². The number of nitrogens with zero attached hydrogens (tertiary/aromatic N) is 2. The van der Waals surface area contributed by atoms with Crippen molar-refractivity contribution in [2.24, 2.45) is 11.8 Å². The van der Waals surface area contributed by atoms with E-state index in [-0.39, 0.29) is 16.3 Å². The summed E-state index contributed by atoms with van der Waals surface area (Å²) in [7, 11) is -3.61. The number of piperidine rings is 2. The molecule has 1 N–H and O–H groups in total. The summed E-state index contributed by atoms with van der Waals surface area (Å²) in [6.45, 7) is 12.5. The van der Waals surface area contributed by atoms with Gasteiger partial charge >= 0.3 is 0 Å². The van der Waals surface area contributed by atoms with Crippen molar-refractivity contribution < 1.29 is 13.2 Å². The molecular formula is C21H35N3O3S2. The molecule has 2 unspecified atom stereocenters. The molecule has 29 heavy (non-hydrogen) atoms. The fraction of sp³-hybridized carbons (Fsp3) is 0.762. The lowest BCUT2D eigenvalue weighted by Gasteiger charge is -2.45. The minimum Gasteiger partial charge on any atom is -0.349 e. The average molecular weight is 442 g/mol. The number of carbonyl (C=O) groups is 1. The lowest BCUT2D eigenvalue weighted by atomic mass is 9.88. The Morgan fingerprint density at radius 2 is 1.79 bits per heavy atom. The lowest BCUT2D eigenvalue weighted by Crippen LogP contribution is -2.56. The zero-order valence-corrected chi connectivity index (χ0v) is 19.7. The van der Waals surface area contributed by atoms with E-state index >= 15 is 0 Å². The Kier molecular flexibility index (Phi) is 7.08. The monoisotopic (exact) mass is 441 g/mol. The maximum Gasteiger partial charge on any atom is 0.262 e. The number of thiophene rings is 1. The Labute approximate surface area is 179 Å². The minimum atomic E-state index is -3.61. The second-order valence-corrected chi connectivity index (χ2v) is 12.2. The van der Waals surface area contributed by atoms with Crippen LogP contribution in [0.5, 0.6) is 0 Å². The van der Waals surface area contributed by atoms with E-state index in [0.717, 1.165) is 32.4 Å². The van der Waals surface area contributed by atoms with Gasteiger partial charge in [0.2, 0.25) is 10.0 Å². The van der Waals surface area contributed by atoms with Gasteiger partial charge in [-0.2, -0.15) is 4.31 Å². The summed E-state index contributed by atoms with van der Waals surface area (Å²) in [6.07, 6.45) is 4.06. The van der Waals surface area contributed by atoms with E-state index in [2.05, 4.69) is 37.9 Å². The molecule has 1 amide bonds. The van der Waals surface area contributed by atoms with Crippen LogP contribution in [-0.4, -0.2) is 61.8 Å². The number of hydrogen-bond acceptors (Lipinski definition) is 5. The number of sulfonamides is 1. The highest BCUT2D eigenvalue weighted by atomic mass is 32.2. The molecular weight excluding hydrogens is 406 g/mol. The van der Waals surface area contributed by atoms with Crippen LogP contribution in [0.3, 0.4) is 0 Å². The summed E-state index contributed by atoms with van der Waals surface area (Å²) in [6, 6.07) is 1.57. The van der Waals surface area contributed by atoms with Crippen molar-refractivity contribution in [1.29, 1.82) is 0 Å². The predicted octanol–water partition coefficient (Wildman–Crippen LogP) is 3.41. The SMILES string of the molecule is CC1CC(C)CN(C(C)(C)CNC(=O)c2sccc2S(=O)(=O)N2CCCCC2)C1. The van der Waals surface area contributed by atoms with Gasteiger partial charge < -0.3 is 5.32 Å². The number of hydrogen-bond donors (Lipinski definition) is 1. The lowest BCUT2D eigenvalue weighted by molar-refractivity contribution is 0.0445. The molecule has 0 spiro atoms. The molecule has 2 saturated heterocycles. The minimum absolute atomic E-state index is 0.153. The zero-order valence-electron chi connectivity index (χ0n) is 18.1. The molecule has 2 aliphatic rings. The molecule has 2 aliphatic heterocycles. The van der Waals surface area contributed by atoms with E-state index in [4.69, 9.17) is 0 Å². The van der Waals surface area contributed by atoms with Gasteiger partial charge in [-0.1, -0.05) is 20.3 Å². The Balaban J connectivity index is 1.68. The molecule has 6 nitrogen and oxygen atoms in total. The number of rotatable bonds is 6. The standard InChI is InChI=1S/C21H35N3O3S2/c1-16-12-17(2)14-23(13-16)21(3,4)15-22-20(25)19-18(8-11-28-19)29(26,27)24-9-6-5-7-10-24/h8,11,16-17H,5-7,9-10,12-15H2,1-4H3,(H,22,25). The summed E-state index contributed by atoms with van der Waals surface area (Å²) in [5.41, 5.74) is -0.179. The van der Waals surface area contributed by atoms with Gasteiger partial charge in [0.15, 0.2) is 0 Å². The Morgan fingerprint density at radius 1 is 1.17 bits per heavy atom. The molecule has 0 bridgehead atoms. The number of nitrogens with one attached hydrogen (secondary N) is 1. The van der Waals surface area contributed by atoms with Gasteiger partial charge in [-0.15, -0.1) is 11.3 Å². The van der Waals surface area contributed by atoms with Gasteiger partial charge in [0.1, 0.15) is 9.77 Å². The molecule has 1 aromatic heterocycles. The van der Waals surface area contributed by atoms with Crippen molar-refractivity contribution in [3.05, 3.63) is 16.3 Å². The van der Waals surface area contributed by atoms with E-state index in [1.807, 2.05) is 0 Å². The molecule has 2 fully saturated rings. The third kappa shape index (κ3) is 5.21. The van der Waals surface area contributed by atoms with Crippen LogP contribution in [0.25, 0.3) is 0 Å². The van der Waals surface area contributed by atoms with Crippen molar-refractivity contribution in [2.75, 3.05) is 32.7 Å². The van der Waals surface area contributed by atoms with Crippen molar-refractivity contribution >= 4 is 27.3 Å². The molecule has 8 heteroatoms. The third-order valence-electron chi connectivity index (χ3n) is 6.17. The van der Waals surface area contributed by atoms with Crippen molar-refractivity contribution in [3.8, 4) is 0 Å². The van der Waals surface area contributed by atoms with Crippen LogP contribution in [0.15, 0.2) is 16.3 Å². The molecule has 1 aromatic rings. The molecule has 2 atom stereocenters. The molecule has 0 aliphatic carbocycles. The summed E-state index contributed by atoms with van der Waals surface area (Å²) in [5.74, 6) is 1.00. The highest BCUT2D eigenvalue weighted by Gasteiger charge is 2.34.